The monoisotopic (exact) mass is 230 g/mol. The van der Waals surface area contributed by atoms with Gasteiger partial charge in [0.1, 0.15) is 0 Å². The first kappa shape index (κ1) is 15.4. The molecule has 0 aromatic rings. The van der Waals surface area contributed by atoms with Gasteiger partial charge in [-0.1, -0.05) is 34.1 Å². The molecule has 0 aliphatic rings. The molecule has 0 aliphatic carbocycles. The van der Waals surface area contributed by atoms with Crippen LogP contribution in [0.15, 0.2) is 0 Å². The zero-order valence-corrected chi connectivity index (χ0v) is 11.2. The zero-order chi connectivity index (χ0) is 12.8. The van der Waals surface area contributed by atoms with Gasteiger partial charge in [-0.3, -0.25) is 0 Å². The molecule has 0 aromatic carbocycles. The predicted octanol–water partition coefficient (Wildman–Crippen LogP) is 2.76. The molecule has 0 saturated carbocycles. The molecule has 1 N–H and O–H groups in total. The minimum Gasteiger partial charge on any atom is -0.464 e. The van der Waals surface area contributed by atoms with Crippen molar-refractivity contribution >= 4 is 5.97 Å². The summed E-state index contributed by atoms with van der Waals surface area (Å²) in [7, 11) is 0. The van der Waals surface area contributed by atoms with Gasteiger partial charge < -0.3 is 9.84 Å². The lowest BCUT2D eigenvalue weighted by Crippen LogP contribution is -2.46. The summed E-state index contributed by atoms with van der Waals surface area (Å²) in [6.45, 7) is 10.2. The summed E-state index contributed by atoms with van der Waals surface area (Å²) in [5, 5.41) is 10.5. The van der Waals surface area contributed by atoms with Crippen LogP contribution in [0, 0.1) is 11.8 Å². The van der Waals surface area contributed by atoms with Crippen molar-refractivity contribution < 1.29 is 14.6 Å². The van der Waals surface area contributed by atoms with Crippen molar-refractivity contribution in [3.8, 4) is 0 Å². The second kappa shape index (κ2) is 6.89. The Morgan fingerprint density at radius 2 is 1.88 bits per heavy atom. The van der Waals surface area contributed by atoms with Crippen molar-refractivity contribution in [2.45, 2.75) is 59.5 Å². The van der Waals surface area contributed by atoms with Crippen molar-refractivity contribution in [1.82, 2.24) is 0 Å². The van der Waals surface area contributed by atoms with Crippen molar-refractivity contribution in [2.75, 3.05) is 6.61 Å². The maximum Gasteiger partial charge on any atom is 0.338 e. The van der Waals surface area contributed by atoms with E-state index in [1.54, 1.807) is 6.92 Å². The highest BCUT2D eigenvalue weighted by Crippen LogP contribution is 2.29. The van der Waals surface area contributed by atoms with Crippen molar-refractivity contribution in [1.29, 1.82) is 0 Å². The molecule has 0 saturated heterocycles. The van der Waals surface area contributed by atoms with Crippen molar-refractivity contribution in [3.05, 3.63) is 0 Å². The van der Waals surface area contributed by atoms with E-state index < -0.39 is 11.6 Å². The quantitative estimate of drug-likeness (QED) is 0.684. The predicted molar refractivity (Wildman–Crippen MR) is 65.1 cm³/mol. The minimum atomic E-state index is -1.31. The van der Waals surface area contributed by atoms with E-state index in [1.807, 2.05) is 13.8 Å². The van der Waals surface area contributed by atoms with Crippen LogP contribution in [0.25, 0.3) is 0 Å². The van der Waals surface area contributed by atoms with E-state index in [2.05, 4.69) is 13.8 Å². The largest absolute Gasteiger partial charge is 0.464 e. The highest BCUT2D eigenvalue weighted by atomic mass is 16.5. The number of ether oxygens (including phenoxy) is 1. The molecule has 0 spiro atoms. The maximum absolute atomic E-state index is 11.8. The molecule has 0 bridgehead atoms. The summed E-state index contributed by atoms with van der Waals surface area (Å²) in [5.41, 5.74) is -1.31. The minimum absolute atomic E-state index is 0.0634. The second-order valence-corrected chi connectivity index (χ2v) is 4.93. The Balaban J connectivity index is 4.71. The van der Waals surface area contributed by atoms with E-state index in [9.17, 15) is 9.90 Å². The molecule has 3 heteroatoms. The van der Waals surface area contributed by atoms with Crippen LogP contribution in [-0.4, -0.2) is 23.3 Å². The summed E-state index contributed by atoms with van der Waals surface area (Å²) in [6, 6.07) is 0. The van der Waals surface area contributed by atoms with Crippen LogP contribution in [0.2, 0.25) is 0 Å². The Kier molecular flexibility index (Phi) is 6.65. The molecule has 0 aliphatic heterocycles. The first-order valence-electron chi connectivity index (χ1n) is 6.28. The lowest BCUT2D eigenvalue weighted by Gasteiger charge is -2.32. The molecule has 0 fully saturated rings. The van der Waals surface area contributed by atoms with E-state index in [-0.39, 0.29) is 5.92 Å². The van der Waals surface area contributed by atoms with Crippen LogP contribution >= 0.6 is 0 Å². The van der Waals surface area contributed by atoms with E-state index >= 15 is 0 Å². The van der Waals surface area contributed by atoms with Gasteiger partial charge in [0.2, 0.25) is 0 Å². The molecule has 0 heterocycles. The Labute approximate surface area is 99.2 Å². The first-order chi connectivity index (χ1) is 7.38. The summed E-state index contributed by atoms with van der Waals surface area (Å²) in [6.07, 6.45) is 2.08. The Hall–Kier alpha value is -0.570. The molecule has 3 nitrogen and oxygen atoms in total. The third-order valence-electron chi connectivity index (χ3n) is 2.90. The highest BCUT2D eigenvalue weighted by Gasteiger charge is 2.42. The van der Waals surface area contributed by atoms with Gasteiger partial charge in [-0.05, 0) is 31.6 Å². The molecule has 0 rings (SSSR count). The van der Waals surface area contributed by atoms with Gasteiger partial charge in [-0.25, -0.2) is 4.79 Å². The highest BCUT2D eigenvalue weighted by molar-refractivity contribution is 5.79. The maximum atomic E-state index is 11.8. The van der Waals surface area contributed by atoms with Crippen molar-refractivity contribution in [2.24, 2.45) is 11.8 Å². The van der Waals surface area contributed by atoms with Gasteiger partial charge in [0.15, 0.2) is 5.60 Å². The van der Waals surface area contributed by atoms with E-state index in [1.165, 1.54) is 0 Å². The molecule has 0 amide bonds. The van der Waals surface area contributed by atoms with Gasteiger partial charge in [-0.15, -0.1) is 0 Å². The van der Waals surface area contributed by atoms with Gasteiger partial charge in [0, 0.05) is 0 Å². The van der Waals surface area contributed by atoms with Gasteiger partial charge in [-0.2, -0.15) is 0 Å². The molecular formula is C13H26O3. The average Bonchev–Trinajstić information content (AvgIpc) is 2.17. The van der Waals surface area contributed by atoms with Crippen molar-refractivity contribution in [3.63, 3.8) is 0 Å². The molecule has 96 valence electrons. The Bertz CT molecular complexity index is 213. The van der Waals surface area contributed by atoms with Crippen LogP contribution in [0.3, 0.4) is 0 Å². The van der Waals surface area contributed by atoms with E-state index in [0.717, 1.165) is 12.8 Å². The fourth-order valence-electron chi connectivity index (χ4n) is 2.09. The summed E-state index contributed by atoms with van der Waals surface area (Å²) in [4.78, 5) is 11.8. The van der Waals surface area contributed by atoms with Gasteiger partial charge >= 0.3 is 5.97 Å². The topological polar surface area (TPSA) is 46.5 Å². The zero-order valence-electron chi connectivity index (χ0n) is 11.2. The summed E-state index contributed by atoms with van der Waals surface area (Å²) < 4.78 is 4.97. The number of rotatable bonds is 7. The SMILES string of the molecule is CCCC(O)(C(=O)OCC)C(C)CC(C)C. The average molecular weight is 230 g/mol. The van der Waals surface area contributed by atoms with Gasteiger partial charge in [0.25, 0.3) is 0 Å². The lowest BCUT2D eigenvalue weighted by molar-refractivity contribution is -0.172. The van der Waals surface area contributed by atoms with Crippen LogP contribution < -0.4 is 0 Å². The second-order valence-electron chi connectivity index (χ2n) is 4.93. The third kappa shape index (κ3) is 4.12. The fourth-order valence-corrected chi connectivity index (χ4v) is 2.09. The Morgan fingerprint density at radius 1 is 1.31 bits per heavy atom. The number of carbonyl (C=O) groups is 1. The third-order valence-corrected chi connectivity index (χ3v) is 2.90. The summed E-state index contributed by atoms with van der Waals surface area (Å²) >= 11 is 0. The van der Waals surface area contributed by atoms with E-state index in [4.69, 9.17) is 4.74 Å². The molecule has 0 radical (unpaired) electrons. The number of hydrogen-bond acceptors (Lipinski definition) is 3. The number of carbonyl (C=O) groups excluding carboxylic acids is 1. The fraction of sp³-hybridized carbons (Fsp3) is 0.923. The Morgan fingerprint density at radius 3 is 2.25 bits per heavy atom. The molecule has 2 unspecified atom stereocenters. The number of hydrogen-bond donors (Lipinski definition) is 1. The molecule has 2 atom stereocenters. The van der Waals surface area contributed by atoms with Crippen LogP contribution in [0.4, 0.5) is 0 Å². The number of esters is 1. The van der Waals surface area contributed by atoms with Crippen LogP contribution in [-0.2, 0) is 9.53 Å². The standard InChI is InChI=1S/C13H26O3/c1-6-8-13(15,12(14)16-7-2)11(5)9-10(3)4/h10-11,15H,6-9H2,1-5H3. The smallest absolute Gasteiger partial charge is 0.338 e. The van der Waals surface area contributed by atoms with E-state index in [0.29, 0.717) is 18.9 Å². The molecule has 16 heavy (non-hydrogen) atoms. The molecule has 0 aromatic heterocycles. The van der Waals surface area contributed by atoms with Crippen LogP contribution in [0.5, 0.6) is 0 Å². The lowest BCUT2D eigenvalue weighted by atomic mass is 9.80. The van der Waals surface area contributed by atoms with Gasteiger partial charge in [0.05, 0.1) is 6.61 Å². The number of aliphatic hydroxyl groups is 1. The molecular weight excluding hydrogens is 204 g/mol. The first-order valence-corrected chi connectivity index (χ1v) is 6.28. The van der Waals surface area contributed by atoms with Crippen LogP contribution in [0.1, 0.15) is 53.9 Å². The summed E-state index contributed by atoms with van der Waals surface area (Å²) in [5.74, 6) is -0.0655. The normalized spacial score (nSPS) is 16.9.